The minimum Gasteiger partial charge on any atom is -0.366 e. The molecular weight excluding hydrogens is 774 g/mol. The van der Waals surface area contributed by atoms with Crippen LogP contribution in [-0.2, 0) is 4.74 Å². The SMILES string of the molecule is CC1C=C2C3B(C4C=C(C5CCCCC5)CC5C4N2C(C)(C)C52CCCCC2)C2OC(N(C4C=CCCC4)C4CC=CCC4)CC2N(C2CC=C4SC5CCC=CC5C4C2)C3C1. The molecule has 5 heterocycles. The minimum absolute atomic E-state index is 0.181. The van der Waals surface area contributed by atoms with Gasteiger partial charge in [0.1, 0.15) is 6.23 Å². The summed E-state index contributed by atoms with van der Waals surface area (Å²) in [6.45, 7) is 8.77. The number of rotatable bonds is 5. The van der Waals surface area contributed by atoms with Crippen molar-refractivity contribution in [2.45, 2.75) is 239 Å². The Morgan fingerprint density at radius 1 is 0.806 bits per heavy atom. The second-order valence-electron chi connectivity index (χ2n) is 24.3. The van der Waals surface area contributed by atoms with Gasteiger partial charge in [-0.25, -0.2) is 0 Å². The van der Waals surface area contributed by atoms with Crippen molar-refractivity contribution in [3.8, 4) is 0 Å². The predicted molar refractivity (Wildman–Crippen MR) is 259 cm³/mol. The van der Waals surface area contributed by atoms with Gasteiger partial charge in [0, 0.05) is 59.2 Å². The summed E-state index contributed by atoms with van der Waals surface area (Å²) < 4.78 is 8.22. The Morgan fingerprint density at radius 3 is 2.47 bits per heavy atom. The van der Waals surface area contributed by atoms with Gasteiger partial charge >= 0.3 is 0 Å². The number of fused-ring (bicyclic) bond motifs is 8. The molecule has 6 heteroatoms. The van der Waals surface area contributed by atoms with Gasteiger partial charge in [-0.3, -0.25) is 9.80 Å². The first-order chi connectivity index (χ1) is 30.4. The summed E-state index contributed by atoms with van der Waals surface area (Å²) in [5.41, 5.74) is 4.34. The summed E-state index contributed by atoms with van der Waals surface area (Å²) in [5, 5.41) is 0.808. The third-order valence-corrected chi connectivity index (χ3v) is 22.9. The molecule has 0 bridgehead atoms. The van der Waals surface area contributed by atoms with Gasteiger partial charge < -0.3 is 9.64 Å². The number of ether oxygens (including phenoxy) is 1. The Balaban J connectivity index is 0.959. The van der Waals surface area contributed by atoms with Gasteiger partial charge in [0.15, 0.2) is 6.71 Å². The smallest absolute Gasteiger partial charge is 0.198 e. The van der Waals surface area contributed by atoms with Crippen molar-refractivity contribution in [2.75, 3.05) is 0 Å². The van der Waals surface area contributed by atoms with E-state index in [2.05, 4.69) is 102 Å². The third-order valence-electron chi connectivity index (χ3n) is 21.3. The number of thioether (sulfide) groups is 1. The summed E-state index contributed by atoms with van der Waals surface area (Å²) in [5.74, 6) is 4.88. The van der Waals surface area contributed by atoms with E-state index < -0.39 is 0 Å². The van der Waals surface area contributed by atoms with Gasteiger partial charge in [-0.15, -0.1) is 11.8 Å². The molecule has 1 spiro atoms. The Morgan fingerprint density at radius 2 is 1.65 bits per heavy atom. The van der Waals surface area contributed by atoms with Crippen molar-refractivity contribution in [1.82, 2.24) is 14.7 Å². The monoisotopic (exact) mass is 854 g/mol. The highest BCUT2D eigenvalue weighted by molar-refractivity contribution is 8.04. The normalized spacial score (nSPS) is 46.5. The van der Waals surface area contributed by atoms with Crippen LogP contribution in [0.5, 0.6) is 0 Å². The number of nitrogens with zero attached hydrogens (tertiary/aromatic N) is 3. The highest BCUT2D eigenvalue weighted by Gasteiger charge is 2.73. The van der Waals surface area contributed by atoms with E-state index in [9.17, 15) is 0 Å². The zero-order valence-electron chi connectivity index (χ0n) is 38.9. The Labute approximate surface area is 381 Å². The van der Waals surface area contributed by atoms with Crippen LogP contribution >= 0.6 is 11.8 Å². The Bertz CT molecular complexity index is 1920. The van der Waals surface area contributed by atoms with Gasteiger partial charge in [0.05, 0.1) is 6.00 Å². The molecule has 8 aliphatic carbocycles. The topological polar surface area (TPSA) is 19.0 Å². The zero-order valence-corrected chi connectivity index (χ0v) is 39.7. The van der Waals surface area contributed by atoms with Crippen LogP contribution in [0.1, 0.15) is 168 Å². The molecule has 62 heavy (non-hydrogen) atoms. The lowest BCUT2D eigenvalue weighted by atomic mass is 9.22. The van der Waals surface area contributed by atoms with Crippen molar-refractivity contribution >= 4 is 18.5 Å². The molecule has 13 rings (SSSR count). The molecule has 7 fully saturated rings. The minimum atomic E-state index is 0.181. The predicted octanol–water partition coefficient (Wildman–Crippen LogP) is 13.1. The third kappa shape index (κ3) is 6.15. The number of hydrogen-bond acceptors (Lipinski definition) is 5. The molecule has 5 aliphatic heterocycles. The van der Waals surface area contributed by atoms with Gasteiger partial charge in [0.25, 0.3) is 0 Å². The fourth-order valence-electron chi connectivity index (χ4n) is 18.9. The van der Waals surface area contributed by atoms with E-state index in [-0.39, 0.29) is 11.8 Å². The lowest BCUT2D eigenvalue weighted by Gasteiger charge is -2.64. The van der Waals surface area contributed by atoms with E-state index in [0.29, 0.717) is 71.9 Å². The van der Waals surface area contributed by atoms with E-state index >= 15 is 0 Å². The fourth-order valence-corrected chi connectivity index (χ4v) is 20.6. The van der Waals surface area contributed by atoms with Crippen LogP contribution in [0.2, 0.25) is 11.6 Å². The van der Waals surface area contributed by atoms with Gasteiger partial charge in [0.2, 0.25) is 0 Å². The summed E-state index contributed by atoms with van der Waals surface area (Å²) >= 11 is 2.29. The molecule has 0 amide bonds. The van der Waals surface area contributed by atoms with Crippen LogP contribution in [-0.4, -0.2) is 80.7 Å². The molecule has 334 valence electrons. The van der Waals surface area contributed by atoms with Crippen molar-refractivity contribution in [3.63, 3.8) is 0 Å². The molecule has 0 aromatic carbocycles. The second-order valence-corrected chi connectivity index (χ2v) is 25.6. The maximum Gasteiger partial charge on any atom is 0.198 e. The quantitative estimate of drug-likeness (QED) is 0.202. The first kappa shape index (κ1) is 40.8. The van der Waals surface area contributed by atoms with E-state index in [4.69, 9.17) is 4.74 Å². The molecule has 2 saturated carbocycles. The Kier molecular flexibility index (Phi) is 10.4. The molecule has 13 aliphatic rings. The fraction of sp³-hybridized carbons (Fsp3) is 0.786. The molecular formula is C56H80BN3OS. The van der Waals surface area contributed by atoms with E-state index in [1.807, 2.05) is 11.3 Å². The largest absolute Gasteiger partial charge is 0.366 e. The van der Waals surface area contributed by atoms with Crippen molar-refractivity contribution in [1.29, 1.82) is 0 Å². The molecule has 5 saturated heterocycles. The standard InChI is InChI=1S/C56H80BN3OS/c1-36-30-46-52-47(31-36)60-53-44(56(55(60,2)3)28-16-7-17-29-56)32-38(37-18-8-4-9-19-37)33-45(53)57(52)54-48(59(46)41-26-27-50-43(34-41)42-24-14-15-25-49(42)62-50)35-51(61-54)58(39-20-10-5-11-21-39)40-22-12-6-13-23-40/h5,10,12,14,22,24,27,31,33,36-37,39-46,48-49,51-54H,4,6-9,11,13,15-21,23,25-26,28-30,32,34-35H2,1-3H3. The molecule has 15 unspecified atom stereocenters. The lowest BCUT2D eigenvalue weighted by Crippen LogP contribution is -2.72. The van der Waals surface area contributed by atoms with E-state index in [1.165, 1.54) is 148 Å². The number of allylic oxidation sites excluding steroid dienone is 7. The summed E-state index contributed by atoms with van der Waals surface area (Å²) in [4.78, 5) is 11.3. The van der Waals surface area contributed by atoms with E-state index in [0.717, 1.165) is 28.9 Å². The zero-order chi connectivity index (χ0) is 41.3. The lowest BCUT2D eigenvalue weighted by molar-refractivity contribution is -0.0798. The van der Waals surface area contributed by atoms with Crippen LogP contribution < -0.4 is 0 Å². The summed E-state index contributed by atoms with van der Waals surface area (Å²) in [6.07, 6.45) is 55.6. The number of hydrogen-bond donors (Lipinski definition) is 0. The highest BCUT2D eigenvalue weighted by Crippen LogP contribution is 2.71. The van der Waals surface area contributed by atoms with Crippen molar-refractivity contribution in [2.24, 2.45) is 35.0 Å². The first-order valence-electron chi connectivity index (χ1n) is 27.2. The van der Waals surface area contributed by atoms with Crippen LogP contribution in [0, 0.1) is 35.0 Å². The molecule has 4 nitrogen and oxygen atoms in total. The average Bonchev–Trinajstić information content (AvgIpc) is 3.96. The molecule has 0 radical (unpaired) electrons. The molecule has 0 aromatic rings. The molecule has 0 N–H and O–H groups in total. The second kappa shape index (κ2) is 15.8. The van der Waals surface area contributed by atoms with Crippen LogP contribution in [0.25, 0.3) is 0 Å². The van der Waals surface area contributed by atoms with E-state index in [1.54, 1.807) is 4.91 Å². The maximum absolute atomic E-state index is 8.22. The average molecular weight is 854 g/mol. The molecule has 0 aromatic heterocycles. The summed E-state index contributed by atoms with van der Waals surface area (Å²) in [7, 11) is 0. The first-order valence-corrected chi connectivity index (χ1v) is 28.0. The molecule has 15 atom stereocenters. The van der Waals surface area contributed by atoms with Crippen LogP contribution in [0.3, 0.4) is 0 Å². The highest BCUT2D eigenvalue weighted by atomic mass is 32.2. The van der Waals surface area contributed by atoms with Crippen molar-refractivity contribution in [3.05, 3.63) is 70.9 Å². The maximum atomic E-state index is 8.22. The Hall–Kier alpha value is -1.47. The van der Waals surface area contributed by atoms with Gasteiger partial charge in [-0.05, 0) is 168 Å². The van der Waals surface area contributed by atoms with Crippen LogP contribution in [0.4, 0.5) is 0 Å². The summed E-state index contributed by atoms with van der Waals surface area (Å²) in [6, 6.07) is 3.78. The van der Waals surface area contributed by atoms with Crippen LogP contribution in [0.15, 0.2) is 70.9 Å². The van der Waals surface area contributed by atoms with Gasteiger partial charge in [-0.2, -0.15) is 0 Å². The van der Waals surface area contributed by atoms with Gasteiger partial charge in [-0.1, -0.05) is 106 Å². The van der Waals surface area contributed by atoms with Crippen molar-refractivity contribution < 1.29 is 4.74 Å².